The van der Waals surface area contributed by atoms with Crippen LogP contribution in [0, 0.1) is 0 Å². The number of imide groups is 1. The second kappa shape index (κ2) is 8.24. The summed E-state index contributed by atoms with van der Waals surface area (Å²) in [5.41, 5.74) is 3.03. The Hall–Kier alpha value is -2.86. The Kier molecular flexibility index (Phi) is 5.41. The van der Waals surface area contributed by atoms with Gasteiger partial charge in [-0.15, -0.1) is 0 Å². The lowest BCUT2D eigenvalue weighted by molar-refractivity contribution is -0.137. The van der Waals surface area contributed by atoms with Gasteiger partial charge in [-0.3, -0.25) is 14.6 Å². The number of carbonyl (C=O) groups excluding carboxylic acids is 2. The summed E-state index contributed by atoms with van der Waals surface area (Å²) in [7, 11) is 1.68. The molecular formula is C26H31N3O3. The number of methoxy groups -OCH3 is 1. The van der Waals surface area contributed by atoms with Crippen molar-refractivity contribution in [2.24, 2.45) is 0 Å². The van der Waals surface area contributed by atoms with Crippen LogP contribution in [-0.4, -0.2) is 65.0 Å². The molecule has 2 aromatic carbocycles. The Bertz CT molecular complexity index is 1000. The van der Waals surface area contributed by atoms with E-state index in [4.69, 9.17) is 4.74 Å². The molecule has 168 valence electrons. The van der Waals surface area contributed by atoms with E-state index in [1.165, 1.54) is 16.7 Å². The van der Waals surface area contributed by atoms with Crippen molar-refractivity contribution in [1.82, 2.24) is 14.7 Å². The van der Waals surface area contributed by atoms with Crippen LogP contribution in [0.5, 0.6) is 5.75 Å². The smallest absolute Gasteiger partial charge is 0.327 e. The van der Waals surface area contributed by atoms with Gasteiger partial charge in [-0.05, 0) is 61.4 Å². The zero-order valence-electron chi connectivity index (χ0n) is 18.9. The monoisotopic (exact) mass is 433 g/mol. The number of rotatable bonds is 5. The SMILES string of the molecule is CCN1C(=O)N(C2Cc3ccccc3C2)C(=O)C12CCN(Cc1cccc(OC)c1)CC2. The quantitative estimate of drug-likeness (QED) is 0.678. The molecule has 6 nitrogen and oxygen atoms in total. The van der Waals surface area contributed by atoms with Gasteiger partial charge < -0.3 is 9.64 Å². The summed E-state index contributed by atoms with van der Waals surface area (Å²) >= 11 is 0. The maximum absolute atomic E-state index is 13.8. The maximum atomic E-state index is 13.8. The normalized spacial score (nSPS) is 20.9. The van der Waals surface area contributed by atoms with Crippen LogP contribution in [0.2, 0.25) is 0 Å². The van der Waals surface area contributed by atoms with Crippen molar-refractivity contribution < 1.29 is 14.3 Å². The van der Waals surface area contributed by atoms with Crippen molar-refractivity contribution in [2.75, 3.05) is 26.7 Å². The van der Waals surface area contributed by atoms with Gasteiger partial charge in [-0.25, -0.2) is 4.79 Å². The molecule has 1 aliphatic carbocycles. The molecule has 0 aromatic heterocycles. The van der Waals surface area contributed by atoms with E-state index in [-0.39, 0.29) is 18.0 Å². The first-order valence-corrected chi connectivity index (χ1v) is 11.6. The van der Waals surface area contributed by atoms with Crippen molar-refractivity contribution in [2.45, 2.75) is 50.7 Å². The van der Waals surface area contributed by atoms with Crippen molar-refractivity contribution in [3.63, 3.8) is 0 Å². The largest absolute Gasteiger partial charge is 0.497 e. The van der Waals surface area contributed by atoms with Crippen LogP contribution in [0.25, 0.3) is 0 Å². The standard InChI is InChI=1S/C26H31N3O3/c1-3-28-25(31)29(22-16-20-8-4-5-9-21(20)17-22)24(30)26(28)11-13-27(14-12-26)18-19-7-6-10-23(15-19)32-2/h4-10,15,22H,3,11-14,16-18H2,1-2H3. The topological polar surface area (TPSA) is 53.1 Å². The average Bonchev–Trinajstić information content (AvgIpc) is 3.32. The van der Waals surface area contributed by atoms with Crippen LogP contribution in [0.1, 0.15) is 36.5 Å². The van der Waals surface area contributed by atoms with Crippen molar-refractivity contribution in [3.8, 4) is 5.75 Å². The van der Waals surface area contributed by atoms with Gasteiger partial charge in [0.15, 0.2) is 0 Å². The van der Waals surface area contributed by atoms with E-state index in [1.807, 2.05) is 36.1 Å². The molecule has 0 radical (unpaired) electrons. The third-order valence-corrected chi connectivity index (χ3v) is 7.50. The van der Waals surface area contributed by atoms with Crippen molar-refractivity contribution >= 4 is 11.9 Å². The fraction of sp³-hybridized carbons (Fsp3) is 0.462. The van der Waals surface area contributed by atoms with Gasteiger partial charge in [-0.1, -0.05) is 36.4 Å². The number of nitrogens with zero attached hydrogens (tertiary/aromatic N) is 3. The third-order valence-electron chi connectivity index (χ3n) is 7.50. The lowest BCUT2D eigenvalue weighted by Gasteiger charge is -2.42. The summed E-state index contributed by atoms with van der Waals surface area (Å²) in [6, 6.07) is 16.3. The van der Waals surface area contributed by atoms with Gasteiger partial charge >= 0.3 is 6.03 Å². The molecule has 0 bridgehead atoms. The zero-order chi connectivity index (χ0) is 22.3. The minimum atomic E-state index is -0.689. The van der Waals surface area contributed by atoms with Crippen LogP contribution in [0.4, 0.5) is 4.79 Å². The van der Waals surface area contributed by atoms with E-state index in [0.29, 0.717) is 19.4 Å². The van der Waals surface area contributed by atoms with Crippen LogP contribution < -0.4 is 4.74 Å². The number of likely N-dealkylation sites (tertiary alicyclic amines) is 1. The van der Waals surface area contributed by atoms with Crippen LogP contribution in [0.3, 0.4) is 0 Å². The van der Waals surface area contributed by atoms with E-state index in [0.717, 1.165) is 38.2 Å². The number of urea groups is 1. The predicted molar refractivity (Wildman–Crippen MR) is 122 cm³/mol. The molecule has 0 unspecified atom stereocenters. The van der Waals surface area contributed by atoms with Crippen LogP contribution >= 0.6 is 0 Å². The number of benzene rings is 2. The predicted octanol–water partition coefficient (Wildman–Crippen LogP) is 3.48. The van der Waals surface area contributed by atoms with Gasteiger partial charge in [0.05, 0.1) is 7.11 Å². The van der Waals surface area contributed by atoms with Gasteiger partial charge in [0.1, 0.15) is 11.3 Å². The van der Waals surface area contributed by atoms with Crippen LogP contribution in [0.15, 0.2) is 48.5 Å². The molecule has 3 amide bonds. The average molecular weight is 434 g/mol. The molecule has 32 heavy (non-hydrogen) atoms. The molecule has 0 atom stereocenters. The summed E-state index contributed by atoms with van der Waals surface area (Å²) in [4.78, 5) is 33.0. The third kappa shape index (κ3) is 3.37. The van der Waals surface area contributed by atoms with Gasteiger partial charge in [0.2, 0.25) is 0 Å². The van der Waals surface area contributed by atoms with E-state index in [1.54, 1.807) is 12.0 Å². The number of ether oxygens (including phenoxy) is 1. The maximum Gasteiger partial charge on any atom is 0.327 e. The number of piperidine rings is 1. The molecule has 2 aromatic rings. The molecule has 2 fully saturated rings. The van der Waals surface area contributed by atoms with E-state index in [9.17, 15) is 9.59 Å². The first kappa shape index (κ1) is 21.0. The summed E-state index contributed by atoms with van der Waals surface area (Å²) in [6.07, 6.45) is 2.91. The number of amides is 3. The molecular weight excluding hydrogens is 402 g/mol. The fourth-order valence-electron chi connectivity index (χ4n) is 5.81. The lowest BCUT2D eigenvalue weighted by atomic mass is 9.85. The van der Waals surface area contributed by atoms with Crippen molar-refractivity contribution in [3.05, 3.63) is 65.2 Å². The number of hydrogen-bond acceptors (Lipinski definition) is 4. The zero-order valence-corrected chi connectivity index (χ0v) is 18.9. The highest BCUT2D eigenvalue weighted by Crippen LogP contribution is 2.40. The van der Waals surface area contributed by atoms with Gasteiger partial charge in [0, 0.05) is 32.2 Å². The molecule has 6 heteroatoms. The molecule has 1 spiro atoms. The Morgan fingerprint density at radius 2 is 1.69 bits per heavy atom. The minimum Gasteiger partial charge on any atom is -0.497 e. The molecule has 2 heterocycles. The Morgan fingerprint density at radius 3 is 2.31 bits per heavy atom. The summed E-state index contributed by atoms with van der Waals surface area (Å²) < 4.78 is 5.35. The lowest BCUT2D eigenvalue weighted by Crippen LogP contribution is -2.56. The highest BCUT2D eigenvalue weighted by Gasteiger charge is 2.59. The summed E-state index contributed by atoms with van der Waals surface area (Å²) in [5, 5.41) is 0. The molecule has 2 aliphatic heterocycles. The van der Waals surface area contributed by atoms with Gasteiger partial charge in [-0.2, -0.15) is 0 Å². The van der Waals surface area contributed by atoms with E-state index < -0.39 is 5.54 Å². The fourth-order valence-corrected chi connectivity index (χ4v) is 5.81. The highest BCUT2D eigenvalue weighted by atomic mass is 16.5. The number of hydrogen-bond donors (Lipinski definition) is 0. The molecule has 3 aliphatic rings. The molecule has 0 saturated carbocycles. The Labute approximate surface area is 189 Å². The first-order valence-electron chi connectivity index (χ1n) is 11.6. The summed E-state index contributed by atoms with van der Waals surface area (Å²) in [6.45, 7) is 4.97. The number of likely N-dealkylation sites (N-methyl/N-ethyl adjacent to an activating group) is 1. The van der Waals surface area contributed by atoms with Crippen molar-refractivity contribution in [1.29, 1.82) is 0 Å². The van der Waals surface area contributed by atoms with Gasteiger partial charge in [0.25, 0.3) is 5.91 Å². The van der Waals surface area contributed by atoms with E-state index in [2.05, 4.69) is 29.2 Å². The highest BCUT2D eigenvalue weighted by molar-refractivity contribution is 6.07. The molecule has 5 rings (SSSR count). The van der Waals surface area contributed by atoms with Crippen LogP contribution in [-0.2, 0) is 24.2 Å². The minimum absolute atomic E-state index is 0.0168. The molecule has 0 N–H and O–H groups in total. The Balaban J connectivity index is 1.31. The first-order chi connectivity index (χ1) is 15.6. The Morgan fingerprint density at radius 1 is 1.00 bits per heavy atom. The molecule has 2 saturated heterocycles. The summed E-state index contributed by atoms with van der Waals surface area (Å²) in [5.74, 6) is 0.876. The number of fused-ring (bicyclic) bond motifs is 1. The second-order valence-electron chi connectivity index (χ2n) is 9.19. The number of carbonyl (C=O) groups is 2. The second-order valence-corrected chi connectivity index (χ2v) is 9.19. The van der Waals surface area contributed by atoms with E-state index >= 15 is 0 Å².